The molecule has 3 heteroatoms. The number of halogens is 1. The molecule has 1 saturated heterocycles. The highest BCUT2D eigenvalue weighted by Crippen LogP contribution is 2.20. The Balaban J connectivity index is 1.92. The van der Waals surface area contributed by atoms with Gasteiger partial charge < -0.3 is 0 Å². The third-order valence-corrected chi connectivity index (χ3v) is 4.18. The molecule has 1 aliphatic heterocycles. The van der Waals surface area contributed by atoms with Crippen LogP contribution in [0.4, 0.5) is 0 Å². The highest BCUT2D eigenvalue weighted by molar-refractivity contribution is 14.1. The predicted molar refractivity (Wildman–Crippen MR) is 79.0 cm³/mol. The van der Waals surface area contributed by atoms with Crippen LogP contribution in [0.2, 0.25) is 0 Å². The van der Waals surface area contributed by atoms with E-state index in [4.69, 9.17) is 4.98 Å². The molecular formula is C14H15IN2. The summed E-state index contributed by atoms with van der Waals surface area (Å²) in [6.07, 6.45) is 2.68. The van der Waals surface area contributed by atoms with Gasteiger partial charge in [-0.2, -0.15) is 0 Å². The number of hydrogen-bond donors (Lipinski definition) is 0. The van der Waals surface area contributed by atoms with Crippen LogP contribution >= 0.6 is 22.6 Å². The monoisotopic (exact) mass is 338 g/mol. The first-order valence-corrected chi connectivity index (χ1v) is 7.17. The predicted octanol–water partition coefficient (Wildman–Crippen LogP) is 3.44. The summed E-state index contributed by atoms with van der Waals surface area (Å²) >= 11 is 2.36. The zero-order valence-corrected chi connectivity index (χ0v) is 11.9. The molecule has 2 nitrogen and oxygen atoms in total. The van der Waals surface area contributed by atoms with Gasteiger partial charge in [0.25, 0.3) is 0 Å². The fourth-order valence-electron chi connectivity index (χ4n) is 2.41. The molecule has 0 bridgehead atoms. The Hall–Kier alpha value is -0.680. The summed E-state index contributed by atoms with van der Waals surface area (Å²) in [5.41, 5.74) is 2.34. The van der Waals surface area contributed by atoms with Crippen molar-refractivity contribution < 1.29 is 0 Å². The Morgan fingerprint density at radius 3 is 2.76 bits per heavy atom. The molecule has 1 aromatic carbocycles. The van der Waals surface area contributed by atoms with Gasteiger partial charge in [0, 0.05) is 15.5 Å². The van der Waals surface area contributed by atoms with Crippen molar-refractivity contribution in [2.45, 2.75) is 19.4 Å². The normalized spacial score (nSPS) is 16.8. The Morgan fingerprint density at radius 2 is 1.94 bits per heavy atom. The minimum Gasteiger partial charge on any atom is -0.298 e. The first-order chi connectivity index (χ1) is 8.33. The van der Waals surface area contributed by atoms with E-state index in [1.165, 1.54) is 40.6 Å². The Morgan fingerprint density at radius 1 is 1.12 bits per heavy atom. The molecule has 88 valence electrons. The maximum Gasteiger partial charge on any atom is 0.0839 e. The zero-order valence-electron chi connectivity index (χ0n) is 9.69. The number of likely N-dealkylation sites (tertiary alicyclic amines) is 1. The molecule has 0 spiro atoms. The molecule has 1 aliphatic rings. The fourth-order valence-corrected chi connectivity index (χ4v) is 3.05. The number of hydrogen-bond acceptors (Lipinski definition) is 2. The van der Waals surface area contributed by atoms with Gasteiger partial charge in [-0.3, -0.25) is 9.88 Å². The van der Waals surface area contributed by atoms with Crippen LogP contribution in [0.25, 0.3) is 10.9 Å². The van der Waals surface area contributed by atoms with Crippen LogP contribution in [-0.2, 0) is 6.54 Å². The van der Waals surface area contributed by atoms with Crippen LogP contribution in [0.5, 0.6) is 0 Å². The SMILES string of the molecule is Ic1cccc2ccc(CN3CCCC3)nc12. The standard InChI is InChI=1S/C14H15IN2/c15-13-5-3-4-11-6-7-12(16-14(11)13)10-17-8-1-2-9-17/h3-7H,1-2,8-10H2. The molecule has 3 rings (SSSR count). The minimum atomic E-state index is 1.00. The smallest absolute Gasteiger partial charge is 0.0839 e. The lowest BCUT2D eigenvalue weighted by molar-refractivity contribution is 0.327. The number of para-hydroxylation sites is 1. The summed E-state index contributed by atoms with van der Waals surface area (Å²) in [4.78, 5) is 7.28. The molecule has 0 radical (unpaired) electrons. The first-order valence-electron chi connectivity index (χ1n) is 6.09. The average molecular weight is 338 g/mol. The topological polar surface area (TPSA) is 16.1 Å². The van der Waals surface area contributed by atoms with E-state index in [9.17, 15) is 0 Å². The van der Waals surface area contributed by atoms with Gasteiger partial charge in [-0.1, -0.05) is 18.2 Å². The second-order valence-corrected chi connectivity index (χ2v) is 5.76. The molecule has 0 atom stereocenters. The van der Waals surface area contributed by atoms with E-state index in [1.54, 1.807) is 0 Å². The highest BCUT2D eigenvalue weighted by atomic mass is 127. The van der Waals surface area contributed by atoms with Gasteiger partial charge >= 0.3 is 0 Å². The van der Waals surface area contributed by atoms with Crippen molar-refractivity contribution in [2.75, 3.05) is 13.1 Å². The lowest BCUT2D eigenvalue weighted by Gasteiger charge is -2.14. The van der Waals surface area contributed by atoms with Crippen molar-refractivity contribution in [2.24, 2.45) is 0 Å². The molecule has 2 aromatic rings. The summed E-state index contributed by atoms with van der Waals surface area (Å²) in [6.45, 7) is 3.46. The van der Waals surface area contributed by atoms with Crippen LogP contribution < -0.4 is 0 Å². The van der Waals surface area contributed by atoms with Crippen LogP contribution in [0.1, 0.15) is 18.5 Å². The van der Waals surface area contributed by atoms with Crippen LogP contribution in [0.15, 0.2) is 30.3 Å². The first kappa shape index (κ1) is 11.4. The van der Waals surface area contributed by atoms with Gasteiger partial charge in [0.2, 0.25) is 0 Å². The van der Waals surface area contributed by atoms with E-state index < -0.39 is 0 Å². The summed E-state index contributed by atoms with van der Waals surface area (Å²) < 4.78 is 1.24. The molecule has 1 aromatic heterocycles. The van der Waals surface area contributed by atoms with Gasteiger partial charge in [0.05, 0.1) is 11.2 Å². The molecule has 2 heterocycles. The minimum absolute atomic E-state index is 1.00. The second kappa shape index (κ2) is 4.90. The third-order valence-electron chi connectivity index (χ3n) is 3.31. The van der Waals surface area contributed by atoms with Crippen LogP contribution in [0, 0.1) is 3.57 Å². The van der Waals surface area contributed by atoms with Crippen molar-refractivity contribution in [3.05, 3.63) is 39.6 Å². The van der Waals surface area contributed by atoms with Gasteiger partial charge in [-0.05, 0) is 60.7 Å². The van der Waals surface area contributed by atoms with Crippen molar-refractivity contribution in [1.29, 1.82) is 0 Å². The molecule has 0 unspecified atom stereocenters. The number of pyridine rings is 1. The highest BCUT2D eigenvalue weighted by Gasteiger charge is 2.12. The summed E-state index contributed by atoms with van der Waals surface area (Å²) in [7, 11) is 0. The fraction of sp³-hybridized carbons (Fsp3) is 0.357. The molecule has 0 aliphatic carbocycles. The molecule has 0 saturated carbocycles. The summed E-state index contributed by atoms with van der Waals surface area (Å²) in [5.74, 6) is 0. The second-order valence-electron chi connectivity index (χ2n) is 4.60. The van der Waals surface area contributed by atoms with Gasteiger partial charge in [0.15, 0.2) is 0 Å². The zero-order chi connectivity index (χ0) is 11.7. The van der Waals surface area contributed by atoms with E-state index in [1.807, 2.05) is 0 Å². The molecule has 0 N–H and O–H groups in total. The average Bonchev–Trinajstić information content (AvgIpc) is 2.83. The Bertz CT molecular complexity index is 533. The lowest BCUT2D eigenvalue weighted by Crippen LogP contribution is -2.19. The van der Waals surface area contributed by atoms with Crippen LogP contribution in [-0.4, -0.2) is 23.0 Å². The molecular weight excluding hydrogens is 323 g/mol. The molecule has 17 heavy (non-hydrogen) atoms. The lowest BCUT2D eigenvalue weighted by atomic mass is 10.2. The van der Waals surface area contributed by atoms with E-state index in [2.05, 4.69) is 57.8 Å². The van der Waals surface area contributed by atoms with E-state index in [-0.39, 0.29) is 0 Å². The summed E-state index contributed by atoms with van der Waals surface area (Å²) in [5, 5.41) is 1.24. The third kappa shape index (κ3) is 2.45. The van der Waals surface area contributed by atoms with Crippen molar-refractivity contribution in [3.63, 3.8) is 0 Å². The largest absolute Gasteiger partial charge is 0.298 e. The molecule has 0 amide bonds. The van der Waals surface area contributed by atoms with Crippen molar-refractivity contribution >= 4 is 33.5 Å². The van der Waals surface area contributed by atoms with Gasteiger partial charge in [-0.15, -0.1) is 0 Å². The molecule has 1 fully saturated rings. The Labute approximate surface area is 115 Å². The maximum atomic E-state index is 4.79. The van der Waals surface area contributed by atoms with Crippen molar-refractivity contribution in [3.8, 4) is 0 Å². The number of benzene rings is 1. The van der Waals surface area contributed by atoms with Crippen molar-refractivity contribution in [1.82, 2.24) is 9.88 Å². The number of aromatic nitrogens is 1. The van der Waals surface area contributed by atoms with Gasteiger partial charge in [0.1, 0.15) is 0 Å². The van der Waals surface area contributed by atoms with E-state index >= 15 is 0 Å². The maximum absolute atomic E-state index is 4.79. The number of fused-ring (bicyclic) bond motifs is 1. The van der Waals surface area contributed by atoms with E-state index in [0.717, 1.165) is 12.1 Å². The van der Waals surface area contributed by atoms with Crippen LogP contribution in [0.3, 0.4) is 0 Å². The number of nitrogens with zero attached hydrogens (tertiary/aromatic N) is 2. The quantitative estimate of drug-likeness (QED) is 0.780. The van der Waals surface area contributed by atoms with Gasteiger partial charge in [-0.25, -0.2) is 0 Å². The Kier molecular flexibility index (Phi) is 3.29. The van der Waals surface area contributed by atoms with E-state index in [0.29, 0.717) is 0 Å². The summed E-state index contributed by atoms with van der Waals surface area (Å²) in [6, 6.07) is 10.7. The number of rotatable bonds is 2.